The van der Waals surface area contributed by atoms with Gasteiger partial charge in [-0.25, -0.2) is 0 Å². The van der Waals surface area contributed by atoms with E-state index in [1.165, 1.54) is 0 Å². The molecule has 0 saturated carbocycles. The topological polar surface area (TPSA) is 20.3 Å². The van der Waals surface area contributed by atoms with Crippen molar-refractivity contribution >= 4 is 17.5 Å². The molecule has 0 unspecified atom stereocenters. The van der Waals surface area contributed by atoms with E-state index in [9.17, 15) is 4.79 Å². The van der Waals surface area contributed by atoms with Gasteiger partial charge in [0.1, 0.15) is 0 Å². The van der Waals surface area contributed by atoms with Crippen LogP contribution in [0.3, 0.4) is 0 Å². The molecule has 0 atom stereocenters. The average Bonchev–Trinajstić information content (AvgIpc) is 2.66. The molecule has 1 aromatic carbocycles. The van der Waals surface area contributed by atoms with Crippen molar-refractivity contribution in [3.8, 4) is 0 Å². The van der Waals surface area contributed by atoms with E-state index in [-0.39, 0.29) is 5.78 Å². The molecule has 1 fully saturated rings. The Balaban J connectivity index is 2.16. The Morgan fingerprint density at radius 2 is 2.13 bits per heavy atom. The van der Waals surface area contributed by atoms with E-state index in [0.717, 1.165) is 22.9 Å². The SMILES string of the molecule is CN1CCS/C1=C\C(=O)c1ccccc1. The second-order valence-electron chi connectivity index (χ2n) is 3.48. The highest BCUT2D eigenvalue weighted by Gasteiger charge is 2.14. The van der Waals surface area contributed by atoms with Gasteiger partial charge in [-0.1, -0.05) is 30.3 Å². The second-order valence-corrected chi connectivity index (χ2v) is 4.60. The van der Waals surface area contributed by atoms with E-state index in [1.807, 2.05) is 37.4 Å². The number of rotatable bonds is 2. The van der Waals surface area contributed by atoms with E-state index < -0.39 is 0 Å². The molecule has 0 spiro atoms. The molecule has 15 heavy (non-hydrogen) atoms. The summed E-state index contributed by atoms with van der Waals surface area (Å²) in [6, 6.07) is 9.38. The maximum Gasteiger partial charge on any atom is 0.188 e. The Kier molecular flexibility index (Phi) is 3.11. The number of ketones is 1. The maximum atomic E-state index is 11.8. The summed E-state index contributed by atoms with van der Waals surface area (Å²) < 4.78 is 0. The Morgan fingerprint density at radius 1 is 1.40 bits per heavy atom. The van der Waals surface area contributed by atoms with Crippen molar-refractivity contribution in [2.75, 3.05) is 19.3 Å². The molecule has 1 aliphatic heterocycles. The van der Waals surface area contributed by atoms with Gasteiger partial charge in [-0.3, -0.25) is 4.79 Å². The molecule has 2 nitrogen and oxygen atoms in total. The maximum absolute atomic E-state index is 11.8. The first kappa shape index (κ1) is 10.3. The smallest absolute Gasteiger partial charge is 0.188 e. The van der Waals surface area contributed by atoms with Crippen LogP contribution in [0.5, 0.6) is 0 Å². The minimum Gasteiger partial charge on any atom is -0.368 e. The lowest BCUT2D eigenvalue weighted by atomic mass is 10.1. The van der Waals surface area contributed by atoms with Crippen LogP contribution in [-0.4, -0.2) is 30.0 Å². The molecule has 1 aliphatic rings. The Bertz CT molecular complexity index is 386. The number of allylic oxidation sites excluding steroid dienone is 1. The molecule has 0 bridgehead atoms. The van der Waals surface area contributed by atoms with Crippen LogP contribution >= 0.6 is 11.8 Å². The zero-order valence-corrected chi connectivity index (χ0v) is 9.46. The largest absolute Gasteiger partial charge is 0.368 e. The van der Waals surface area contributed by atoms with Crippen molar-refractivity contribution in [3.05, 3.63) is 47.0 Å². The van der Waals surface area contributed by atoms with Gasteiger partial charge in [0, 0.05) is 31.0 Å². The predicted octanol–water partition coefficient (Wildman–Crippen LogP) is 2.39. The first-order valence-electron chi connectivity index (χ1n) is 4.92. The number of hydrogen-bond donors (Lipinski definition) is 0. The second kappa shape index (κ2) is 4.53. The van der Waals surface area contributed by atoms with Crippen LogP contribution in [0.1, 0.15) is 10.4 Å². The molecule has 3 heteroatoms. The van der Waals surface area contributed by atoms with Crippen molar-refractivity contribution in [2.24, 2.45) is 0 Å². The van der Waals surface area contributed by atoms with Gasteiger partial charge in [-0.15, -0.1) is 11.8 Å². The van der Waals surface area contributed by atoms with Crippen molar-refractivity contribution in [3.63, 3.8) is 0 Å². The monoisotopic (exact) mass is 219 g/mol. The number of hydrogen-bond acceptors (Lipinski definition) is 3. The minimum absolute atomic E-state index is 0.0897. The number of nitrogens with zero attached hydrogens (tertiary/aromatic N) is 1. The molecule has 1 aromatic rings. The van der Waals surface area contributed by atoms with Gasteiger partial charge in [0.2, 0.25) is 0 Å². The van der Waals surface area contributed by atoms with E-state index in [4.69, 9.17) is 0 Å². The fraction of sp³-hybridized carbons (Fsp3) is 0.250. The van der Waals surface area contributed by atoms with E-state index in [0.29, 0.717) is 0 Å². The molecule has 1 saturated heterocycles. The normalized spacial score (nSPS) is 18.5. The quantitative estimate of drug-likeness (QED) is 0.562. The van der Waals surface area contributed by atoms with Gasteiger partial charge in [0.15, 0.2) is 5.78 Å². The van der Waals surface area contributed by atoms with Crippen LogP contribution in [0.15, 0.2) is 41.4 Å². The highest BCUT2D eigenvalue weighted by atomic mass is 32.2. The summed E-state index contributed by atoms with van der Waals surface area (Å²) in [5.41, 5.74) is 0.755. The molecule has 2 rings (SSSR count). The lowest BCUT2D eigenvalue weighted by molar-refractivity contribution is 0.104. The van der Waals surface area contributed by atoms with Gasteiger partial charge in [-0.2, -0.15) is 0 Å². The third-order valence-corrected chi connectivity index (χ3v) is 3.48. The van der Waals surface area contributed by atoms with Crippen molar-refractivity contribution < 1.29 is 4.79 Å². The number of carbonyl (C=O) groups is 1. The summed E-state index contributed by atoms with van der Waals surface area (Å²) in [6.45, 7) is 1.03. The van der Waals surface area contributed by atoms with Crippen molar-refractivity contribution in [1.82, 2.24) is 4.90 Å². The third-order valence-electron chi connectivity index (χ3n) is 2.37. The molecule has 0 amide bonds. The van der Waals surface area contributed by atoms with E-state index in [2.05, 4.69) is 4.90 Å². The molecule has 0 radical (unpaired) electrons. The molecule has 0 aliphatic carbocycles. The molecule has 78 valence electrons. The zero-order chi connectivity index (χ0) is 10.7. The van der Waals surface area contributed by atoms with Crippen LogP contribution in [0.4, 0.5) is 0 Å². The fourth-order valence-electron chi connectivity index (χ4n) is 1.46. The van der Waals surface area contributed by atoms with Crippen LogP contribution in [-0.2, 0) is 0 Å². The molecule has 0 N–H and O–H groups in total. The molecule has 0 aromatic heterocycles. The van der Waals surface area contributed by atoms with Crippen molar-refractivity contribution in [2.45, 2.75) is 0 Å². The molecular weight excluding hydrogens is 206 g/mol. The standard InChI is InChI=1S/C12H13NOS/c1-13-7-8-15-12(13)9-11(14)10-5-3-2-4-6-10/h2-6,9H,7-8H2,1H3/b12-9-. The highest BCUT2D eigenvalue weighted by Crippen LogP contribution is 2.26. The fourth-order valence-corrected chi connectivity index (χ4v) is 2.53. The Hall–Kier alpha value is -1.22. The average molecular weight is 219 g/mol. The third kappa shape index (κ3) is 2.42. The van der Waals surface area contributed by atoms with Crippen LogP contribution in [0, 0.1) is 0 Å². The predicted molar refractivity (Wildman–Crippen MR) is 63.9 cm³/mol. The minimum atomic E-state index is 0.0897. The summed E-state index contributed by atoms with van der Waals surface area (Å²) in [4.78, 5) is 13.9. The summed E-state index contributed by atoms with van der Waals surface area (Å²) in [6.07, 6.45) is 1.73. The first-order valence-corrected chi connectivity index (χ1v) is 5.91. The van der Waals surface area contributed by atoms with Gasteiger partial charge in [-0.05, 0) is 0 Å². The Labute approximate surface area is 94.0 Å². The van der Waals surface area contributed by atoms with Gasteiger partial charge >= 0.3 is 0 Å². The van der Waals surface area contributed by atoms with Gasteiger partial charge < -0.3 is 4.90 Å². The zero-order valence-electron chi connectivity index (χ0n) is 8.64. The lowest BCUT2D eigenvalue weighted by Gasteiger charge is -2.10. The number of benzene rings is 1. The summed E-state index contributed by atoms with van der Waals surface area (Å²) in [7, 11) is 2.02. The Morgan fingerprint density at radius 3 is 2.73 bits per heavy atom. The highest BCUT2D eigenvalue weighted by molar-refractivity contribution is 8.03. The van der Waals surface area contributed by atoms with Gasteiger partial charge in [0.25, 0.3) is 0 Å². The molecular formula is C12H13NOS. The number of carbonyl (C=O) groups excluding carboxylic acids is 1. The van der Waals surface area contributed by atoms with Crippen LogP contribution < -0.4 is 0 Å². The summed E-state index contributed by atoms with van der Waals surface area (Å²) in [5, 5.41) is 1.07. The van der Waals surface area contributed by atoms with Crippen LogP contribution in [0.25, 0.3) is 0 Å². The first-order chi connectivity index (χ1) is 7.27. The summed E-state index contributed by atoms with van der Waals surface area (Å²) in [5.74, 6) is 1.16. The lowest BCUT2D eigenvalue weighted by Crippen LogP contribution is -2.11. The van der Waals surface area contributed by atoms with E-state index in [1.54, 1.807) is 17.8 Å². The van der Waals surface area contributed by atoms with E-state index >= 15 is 0 Å². The number of thioether (sulfide) groups is 1. The summed E-state index contributed by atoms with van der Waals surface area (Å²) >= 11 is 1.74. The van der Waals surface area contributed by atoms with Crippen LogP contribution in [0.2, 0.25) is 0 Å². The molecule has 1 heterocycles. The van der Waals surface area contributed by atoms with Crippen molar-refractivity contribution in [1.29, 1.82) is 0 Å². The van der Waals surface area contributed by atoms with Gasteiger partial charge in [0.05, 0.1) is 5.03 Å².